The molecule has 82 valence electrons. The lowest BCUT2D eigenvalue weighted by Crippen LogP contribution is -2.06. The van der Waals surface area contributed by atoms with E-state index in [-0.39, 0.29) is 17.0 Å². The van der Waals surface area contributed by atoms with Crippen molar-refractivity contribution in [1.29, 1.82) is 0 Å². The standard InChI is InChI=1S/C7H12ClO5P/c1-4(14(11,12)13)3-6(8)5(2)7(9)10/h4H,3H2,1-2H3,(H,9,10)(H2,11,12,13). The normalized spacial score (nSPS) is 16.1. The Kier molecular flexibility index (Phi) is 4.81. The van der Waals surface area contributed by atoms with Gasteiger partial charge in [-0.15, -0.1) is 0 Å². The van der Waals surface area contributed by atoms with E-state index in [4.69, 9.17) is 26.5 Å². The molecule has 0 aromatic carbocycles. The molecule has 3 N–H and O–H groups in total. The number of halogens is 1. The van der Waals surface area contributed by atoms with E-state index < -0.39 is 19.2 Å². The van der Waals surface area contributed by atoms with Crippen molar-refractivity contribution in [2.45, 2.75) is 25.9 Å². The summed E-state index contributed by atoms with van der Waals surface area (Å²) in [6.07, 6.45) is -0.135. The maximum Gasteiger partial charge on any atom is 0.332 e. The molecular formula is C7H12ClO5P. The van der Waals surface area contributed by atoms with E-state index in [1.54, 1.807) is 0 Å². The lowest BCUT2D eigenvalue weighted by atomic mass is 10.2. The first-order valence-corrected chi connectivity index (χ1v) is 5.86. The summed E-state index contributed by atoms with van der Waals surface area (Å²) in [5.41, 5.74) is -1.06. The van der Waals surface area contributed by atoms with Crippen molar-refractivity contribution in [3.63, 3.8) is 0 Å². The zero-order valence-electron chi connectivity index (χ0n) is 7.77. The summed E-state index contributed by atoms with van der Waals surface area (Å²) in [7, 11) is -4.19. The number of hydrogen-bond acceptors (Lipinski definition) is 2. The summed E-state index contributed by atoms with van der Waals surface area (Å²) in [4.78, 5) is 27.9. The lowest BCUT2D eigenvalue weighted by Gasteiger charge is -2.12. The van der Waals surface area contributed by atoms with E-state index >= 15 is 0 Å². The van der Waals surface area contributed by atoms with Gasteiger partial charge in [-0.25, -0.2) is 4.79 Å². The molecule has 0 heterocycles. The Balaban J connectivity index is 4.63. The van der Waals surface area contributed by atoms with E-state index in [1.807, 2.05) is 0 Å². The van der Waals surface area contributed by atoms with Gasteiger partial charge in [0.2, 0.25) is 0 Å². The van der Waals surface area contributed by atoms with Crippen LogP contribution in [-0.4, -0.2) is 26.5 Å². The van der Waals surface area contributed by atoms with Crippen LogP contribution in [0.2, 0.25) is 0 Å². The van der Waals surface area contributed by atoms with Gasteiger partial charge in [-0.05, 0) is 13.3 Å². The van der Waals surface area contributed by atoms with E-state index in [0.29, 0.717) is 0 Å². The maximum absolute atomic E-state index is 10.7. The first-order valence-electron chi connectivity index (χ1n) is 3.80. The van der Waals surface area contributed by atoms with Gasteiger partial charge in [0.25, 0.3) is 0 Å². The van der Waals surface area contributed by atoms with Crippen LogP contribution in [0, 0.1) is 0 Å². The first-order chi connectivity index (χ1) is 6.16. The number of carboxylic acid groups (broad SMARTS) is 1. The van der Waals surface area contributed by atoms with Crippen molar-refractivity contribution in [2.75, 3.05) is 0 Å². The van der Waals surface area contributed by atoms with Gasteiger partial charge in [-0.2, -0.15) is 0 Å². The second-order valence-electron chi connectivity index (χ2n) is 2.98. The molecule has 1 atom stereocenters. The average molecular weight is 243 g/mol. The molecule has 0 rings (SSSR count). The summed E-state index contributed by atoms with van der Waals surface area (Å²) in [6.45, 7) is 2.61. The molecule has 0 saturated carbocycles. The minimum atomic E-state index is -4.19. The van der Waals surface area contributed by atoms with Crippen LogP contribution in [-0.2, 0) is 9.36 Å². The second kappa shape index (κ2) is 4.94. The highest BCUT2D eigenvalue weighted by molar-refractivity contribution is 7.52. The molecule has 0 aliphatic rings. The van der Waals surface area contributed by atoms with Gasteiger partial charge in [-0.3, -0.25) is 4.57 Å². The molecule has 14 heavy (non-hydrogen) atoms. The van der Waals surface area contributed by atoms with Gasteiger partial charge in [-0.1, -0.05) is 18.5 Å². The minimum absolute atomic E-state index is 0.0340. The van der Waals surface area contributed by atoms with Crippen molar-refractivity contribution in [1.82, 2.24) is 0 Å². The van der Waals surface area contributed by atoms with Crippen molar-refractivity contribution in [3.8, 4) is 0 Å². The highest BCUT2D eigenvalue weighted by Crippen LogP contribution is 2.44. The molecule has 7 heteroatoms. The molecule has 1 unspecified atom stereocenters. The van der Waals surface area contributed by atoms with Gasteiger partial charge in [0.15, 0.2) is 0 Å². The molecule has 0 spiro atoms. The van der Waals surface area contributed by atoms with E-state index in [2.05, 4.69) is 0 Å². The molecular weight excluding hydrogens is 230 g/mol. The second-order valence-corrected chi connectivity index (χ2v) is 5.49. The lowest BCUT2D eigenvalue weighted by molar-refractivity contribution is -0.132. The molecule has 0 radical (unpaired) electrons. The fourth-order valence-corrected chi connectivity index (χ4v) is 1.49. The van der Waals surface area contributed by atoms with Gasteiger partial charge in [0.1, 0.15) is 0 Å². The van der Waals surface area contributed by atoms with Crippen LogP contribution in [0.5, 0.6) is 0 Å². The van der Waals surface area contributed by atoms with Crippen LogP contribution in [0.1, 0.15) is 20.3 Å². The van der Waals surface area contributed by atoms with Crippen molar-refractivity contribution in [2.24, 2.45) is 0 Å². The summed E-state index contributed by atoms with van der Waals surface area (Å²) in [6, 6.07) is 0. The molecule has 0 bridgehead atoms. The number of rotatable bonds is 4. The van der Waals surface area contributed by atoms with Crippen molar-refractivity contribution in [3.05, 3.63) is 10.6 Å². The van der Waals surface area contributed by atoms with Crippen LogP contribution in [0.4, 0.5) is 0 Å². The number of hydrogen-bond donors (Lipinski definition) is 3. The molecule has 0 aromatic rings. The quantitative estimate of drug-likeness (QED) is 0.513. The van der Waals surface area contributed by atoms with E-state index in [9.17, 15) is 9.36 Å². The third-order valence-electron chi connectivity index (χ3n) is 1.78. The average Bonchev–Trinajstić information content (AvgIpc) is 2.00. The monoisotopic (exact) mass is 242 g/mol. The smallest absolute Gasteiger partial charge is 0.332 e. The minimum Gasteiger partial charge on any atom is -0.478 e. The highest BCUT2D eigenvalue weighted by atomic mass is 35.5. The fraction of sp³-hybridized carbons (Fsp3) is 0.571. The fourth-order valence-electron chi connectivity index (χ4n) is 0.647. The Morgan fingerprint density at radius 1 is 1.50 bits per heavy atom. The van der Waals surface area contributed by atoms with Crippen molar-refractivity contribution < 1.29 is 24.3 Å². The van der Waals surface area contributed by atoms with Crippen LogP contribution in [0.3, 0.4) is 0 Å². The number of aliphatic carboxylic acids is 1. The first kappa shape index (κ1) is 13.7. The highest BCUT2D eigenvalue weighted by Gasteiger charge is 2.25. The SMILES string of the molecule is CC(C(=O)O)=C(Cl)CC(C)P(=O)(O)O. The molecule has 0 aromatic heterocycles. The Morgan fingerprint density at radius 3 is 2.21 bits per heavy atom. The zero-order chi connectivity index (χ0) is 11.5. The van der Waals surface area contributed by atoms with Crippen molar-refractivity contribution >= 4 is 25.2 Å². The Bertz CT molecular complexity index is 305. The van der Waals surface area contributed by atoms with Gasteiger partial charge >= 0.3 is 13.6 Å². The third kappa shape index (κ3) is 4.24. The van der Waals surface area contributed by atoms with Gasteiger partial charge < -0.3 is 14.9 Å². The summed E-state index contributed by atoms with van der Waals surface area (Å²) in [5.74, 6) is -1.19. The summed E-state index contributed by atoms with van der Waals surface area (Å²) >= 11 is 5.58. The third-order valence-corrected chi connectivity index (χ3v) is 3.55. The predicted molar refractivity (Wildman–Crippen MR) is 52.3 cm³/mol. The molecule has 0 aliphatic carbocycles. The maximum atomic E-state index is 10.7. The molecule has 0 saturated heterocycles. The van der Waals surface area contributed by atoms with Crippen LogP contribution in [0.15, 0.2) is 10.6 Å². The van der Waals surface area contributed by atoms with E-state index in [1.165, 1.54) is 13.8 Å². The van der Waals surface area contributed by atoms with Gasteiger partial charge in [0, 0.05) is 10.6 Å². The Morgan fingerprint density at radius 2 is 1.93 bits per heavy atom. The molecule has 0 fully saturated rings. The number of carboxylic acids is 1. The topological polar surface area (TPSA) is 94.8 Å². The zero-order valence-corrected chi connectivity index (χ0v) is 9.42. The Labute approximate surface area is 86.5 Å². The summed E-state index contributed by atoms with van der Waals surface area (Å²) < 4.78 is 10.7. The number of carbonyl (C=O) groups is 1. The van der Waals surface area contributed by atoms with Crippen LogP contribution in [0.25, 0.3) is 0 Å². The number of allylic oxidation sites excluding steroid dienone is 1. The predicted octanol–water partition coefficient (Wildman–Crippen LogP) is 1.54. The molecule has 0 amide bonds. The van der Waals surface area contributed by atoms with Crippen LogP contribution < -0.4 is 0 Å². The van der Waals surface area contributed by atoms with E-state index in [0.717, 1.165) is 0 Å². The molecule has 0 aliphatic heterocycles. The van der Waals surface area contributed by atoms with Crippen LogP contribution >= 0.6 is 19.2 Å². The molecule has 5 nitrogen and oxygen atoms in total. The Hall–Kier alpha value is -0.350. The summed E-state index contributed by atoms with van der Waals surface area (Å²) in [5, 5.41) is 8.50. The largest absolute Gasteiger partial charge is 0.478 e. The van der Waals surface area contributed by atoms with Gasteiger partial charge in [0.05, 0.1) is 5.66 Å².